The minimum atomic E-state index is -0.0358. The molecule has 0 aromatic heterocycles. The van der Waals surface area contributed by atoms with Crippen molar-refractivity contribution in [1.29, 1.82) is 0 Å². The minimum absolute atomic E-state index is 0.0358. The molecule has 1 aromatic rings. The third kappa shape index (κ3) is 2.48. The molecule has 0 bridgehead atoms. The zero-order valence-corrected chi connectivity index (χ0v) is 9.19. The van der Waals surface area contributed by atoms with Gasteiger partial charge in [-0.2, -0.15) is 0 Å². The second kappa shape index (κ2) is 4.92. The summed E-state index contributed by atoms with van der Waals surface area (Å²) >= 11 is 0. The molecule has 2 rings (SSSR count). The van der Waals surface area contributed by atoms with E-state index in [1.165, 1.54) is 4.90 Å². The van der Waals surface area contributed by atoms with Gasteiger partial charge in [-0.3, -0.25) is 14.5 Å². The zero-order valence-electron chi connectivity index (χ0n) is 9.19. The second-order valence-corrected chi connectivity index (χ2v) is 4.07. The summed E-state index contributed by atoms with van der Waals surface area (Å²) < 4.78 is 0. The van der Waals surface area contributed by atoms with Gasteiger partial charge < -0.3 is 0 Å². The average Bonchev–Trinajstić information content (AvgIpc) is 2.46. The van der Waals surface area contributed by atoms with Crippen molar-refractivity contribution < 1.29 is 9.59 Å². The Bertz CT molecular complexity index is 368. The fourth-order valence-electron chi connectivity index (χ4n) is 1.90. The van der Waals surface area contributed by atoms with Gasteiger partial charge in [-0.05, 0) is 18.4 Å². The Kier molecular flexibility index (Phi) is 3.34. The number of rotatable bonds is 2. The van der Waals surface area contributed by atoms with Gasteiger partial charge >= 0.3 is 0 Å². The van der Waals surface area contributed by atoms with E-state index in [0.717, 1.165) is 18.4 Å². The molecule has 1 aliphatic heterocycles. The van der Waals surface area contributed by atoms with E-state index in [0.29, 0.717) is 19.4 Å². The van der Waals surface area contributed by atoms with Gasteiger partial charge in [0.1, 0.15) is 0 Å². The third-order valence-electron chi connectivity index (χ3n) is 2.82. The van der Waals surface area contributed by atoms with E-state index in [9.17, 15) is 9.59 Å². The van der Waals surface area contributed by atoms with Gasteiger partial charge in [0, 0.05) is 12.8 Å². The van der Waals surface area contributed by atoms with Crippen LogP contribution in [-0.2, 0) is 16.1 Å². The molecule has 0 saturated carbocycles. The summed E-state index contributed by atoms with van der Waals surface area (Å²) in [5.41, 5.74) is 1.01. The van der Waals surface area contributed by atoms with E-state index in [4.69, 9.17) is 0 Å². The Balaban J connectivity index is 2.12. The molecule has 1 saturated heterocycles. The Labute approximate surface area is 95.1 Å². The van der Waals surface area contributed by atoms with Crippen LogP contribution >= 0.6 is 0 Å². The molecule has 84 valence electrons. The van der Waals surface area contributed by atoms with Crippen LogP contribution in [0, 0.1) is 0 Å². The number of hydrogen-bond acceptors (Lipinski definition) is 2. The van der Waals surface area contributed by atoms with Crippen molar-refractivity contribution in [3.8, 4) is 0 Å². The molecule has 1 fully saturated rings. The van der Waals surface area contributed by atoms with Crippen molar-refractivity contribution in [3.05, 3.63) is 35.9 Å². The predicted octanol–water partition coefficient (Wildman–Crippen LogP) is 2.12. The number of nitrogens with zero attached hydrogens (tertiary/aromatic N) is 1. The fourth-order valence-corrected chi connectivity index (χ4v) is 1.90. The summed E-state index contributed by atoms with van der Waals surface area (Å²) in [6.45, 7) is 0.415. The largest absolute Gasteiger partial charge is 0.278 e. The number of amides is 2. The van der Waals surface area contributed by atoms with E-state index in [1.807, 2.05) is 30.3 Å². The van der Waals surface area contributed by atoms with Crippen molar-refractivity contribution in [2.24, 2.45) is 0 Å². The van der Waals surface area contributed by atoms with Crippen LogP contribution in [0.25, 0.3) is 0 Å². The Morgan fingerprint density at radius 2 is 1.50 bits per heavy atom. The van der Waals surface area contributed by atoms with Crippen LogP contribution in [-0.4, -0.2) is 16.7 Å². The van der Waals surface area contributed by atoms with E-state index < -0.39 is 0 Å². The van der Waals surface area contributed by atoms with Crippen molar-refractivity contribution in [2.45, 2.75) is 32.2 Å². The number of benzene rings is 1. The number of imide groups is 1. The maximum Gasteiger partial charge on any atom is 0.229 e. The van der Waals surface area contributed by atoms with Crippen LogP contribution in [0.15, 0.2) is 30.3 Å². The number of hydrogen-bond donors (Lipinski definition) is 0. The molecule has 0 N–H and O–H groups in total. The van der Waals surface area contributed by atoms with E-state index in [-0.39, 0.29) is 11.8 Å². The van der Waals surface area contributed by atoms with Gasteiger partial charge in [-0.25, -0.2) is 0 Å². The highest BCUT2D eigenvalue weighted by Crippen LogP contribution is 2.15. The standard InChI is InChI=1S/C13H15NO2/c15-12-8-4-5-9-13(16)14(12)10-11-6-2-1-3-7-11/h1-3,6-7H,4-5,8-10H2. The maximum absolute atomic E-state index is 11.7. The van der Waals surface area contributed by atoms with Crippen molar-refractivity contribution in [1.82, 2.24) is 4.90 Å². The molecular formula is C13H15NO2. The third-order valence-corrected chi connectivity index (χ3v) is 2.82. The molecule has 2 amide bonds. The van der Waals surface area contributed by atoms with Gasteiger partial charge in [0.2, 0.25) is 11.8 Å². The van der Waals surface area contributed by atoms with Gasteiger partial charge in [0.05, 0.1) is 6.54 Å². The van der Waals surface area contributed by atoms with Gasteiger partial charge in [-0.15, -0.1) is 0 Å². The lowest BCUT2D eigenvalue weighted by atomic mass is 10.2. The summed E-state index contributed by atoms with van der Waals surface area (Å²) in [4.78, 5) is 24.9. The van der Waals surface area contributed by atoms with Crippen LogP contribution in [0.1, 0.15) is 31.2 Å². The van der Waals surface area contributed by atoms with Crippen molar-refractivity contribution >= 4 is 11.8 Å². The molecular weight excluding hydrogens is 202 g/mol. The molecule has 0 atom stereocenters. The molecule has 0 unspecified atom stereocenters. The van der Waals surface area contributed by atoms with Crippen LogP contribution in [0.4, 0.5) is 0 Å². The summed E-state index contributed by atoms with van der Waals surface area (Å²) in [5, 5.41) is 0. The number of likely N-dealkylation sites (tertiary alicyclic amines) is 1. The topological polar surface area (TPSA) is 37.4 Å². The van der Waals surface area contributed by atoms with Crippen molar-refractivity contribution in [2.75, 3.05) is 0 Å². The SMILES string of the molecule is O=C1CCCCC(=O)N1Cc1ccccc1. The highest BCUT2D eigenvalue weighted by Gasteiger charge is 2.23. The molecule has 1 aliphatic rings. The predicted molar refractivity (Wildman–Crippen MR) is 60.5 cm³/mol. The van der Waals surface area contributed by atoms with Gasteiger partial charge in [0.25, 0.3) is 0 Å². The Morgan fingerprint density at radius 1 is 0.938 bits per heavy atom. The molecule has 1 heterocycles. The van der Waals surface area contributed by atoms with Crippen LogP contribution in [0.3, 0.4) is 0 Å². The number of carbonyl (C=O) groups is 2. The maximum atomic E-state index is 11.7. The first kappa shape index (κ1) is 10.9. The smallest absolute Gasteiger partial charge is 0.229 e. The van der Waals surface area contributed by atoms with Gasteiger partial charge in [-0.1, -0.05) is 30.3 Å². The second-order valence-electron chi connectivity index (χ2n) is 4.07. The van der Waals surface area contributed by atoms with E-state index in [2.05, 4.69) is 0 Å². The lowest BCUT2D eigenvalue weighted by Gasteiger charge is -2.18. The lowest BCUT2D eigenvalue weighted by Crippen LogP contribution is -2.34. The summed E-state index contributed by atoms with van der Waals surface area (Å²) in [6, 6.07) is 9.64. The molecule has 3 heteroatoms. The molecule has 1 aromatic carbocycles. The first-order valence-electron chi connectivity index (χ1n) is 5.64. The first-order chi connectivity index (χ1) is 7.77. The zero-order chi connectivity index (χ0) is 11.4. The molecule has 0 radical (unpaired) electrons. The average molecular weight is 217 g/mol. The summed E-state index contributed by atoms with van der Waals surface area (Å²) in [7, 11) is 0. The summed E-state index contributed by atoms with van der Waals surface area (Å²) in [6.07, 6.45) is 2.66. The van der Waals surface area contributed by atoms with Crippen LogP contribution in [0.5, 0.6) is 0 Å². The van der Waals surface area contributed by atoms with Crippen molar-refractivity contribution in [3.63, 3.8) is 0 Å². The van der Waals surface area contributed by atoms with E-state index in [1.54, 1.807) is 0 Å². The molecule has 16 heavy (non-hydrogen) atoms. The van der Waals surface area contributed by atoms with Crippen LogP contribution < -0.4 is 0 Å². The van der Waals surface area contributed by atoms with Crippen LogP contribution in [0.2, 0.25) is 0 Å². The van der Waals surface area contributed by atoms with Gasteiger partial charge in [0.15, 0.2) is 0 Å². The molecule has 0 spiro atoms. The minimum Gasteiger partial charge on any atom is -0.278 e. The summed E-state index contributed by atoms with van der Waals surface area (Å²) in [5.74, 6) is -0.0716. The monoisotopic (exact) mass is 217 g/mol. The number of carbonyl (C=O) groups excluding carboxylic acids is 2. The normalized spacial score (nSPS) is 17.4. The Hall–Kier alpha value is -1.64. The lowest BCUT2D eigenvalue weighted by molar-refractivity contribution is -0.144. The quantitative estimate of drug-likeness (QED) is 0.711. The first-order valence-corrected chi connectivity index (χ1v) is 5.64. The molecule has 0 aliphatic carbocycles. The Morgan fingerprint density at radius 3 is 2.06 bits per heavy atom. The highest BCUT2D eigenvalue weighted by molar-refractivity contribution is 5.95. The van der Waals surface area contributed by atoms with E-state index >= 15 is 0 Å². The highest BCUT2D eigenvalue weighted by atomic mass is 16.2. The molecule has 3 nitrogen and oxygen atoms in total. The fraction of sp³-hybridized carbons (Fsp3) is 0.385.